The van der Waals surface area contributed by atoms with Gasteiger partial charge in [0.2, 0.25) is 0 Å². The van der Waals surface area contributed by atoms with Crippen molar-refractivity contribution in [2.45, 2.75) is 6.54 Å². The number of amides is 2. The minimum atomic E-state index is -0.332. The maximum Gasteiger partial charge on any atom is 0.319 e. The summed E-state index contributed by atoms with van der Waals surface area (Å²) >= 11 is 6.02. The Bertz CT molecular complexity index is 1170. The minimum absolute atomic E-state index is 0.332. The van der Waals surface area contributed by atoms with E-state index in [4.69, 9.17) is 21.3 Å². The first kappa shape index (κ1) is 19.8. The van der Waals surface area contributed by atoms with Crippen molar-refractivity contribution in [1.82, 2.24) is 14.9 Å². The molecule has 7 heteroatoms. The second-order valence-electron chi connectivity index (χ2n) is 6.67. The lowest BCUT2D eigenvalue weighted by Gasteiger charge is -2.13. The summed E-state index contributed by atoms with van der Waals surface area (Å²) in [7, 11) is 1.54. The Morgan fingerprint density at radius 3 is 2.63 bits per heavy atom. The van der Waals surface area contributed by atoms with Gasteiger partial charge >= 0.3 is 6.03 Å². The number of anilines is 1. The highest BCUT2D eigenvalue weighted by atomic mass is 35.5. The first-order valence-corrected chi connectivity index (χ1v) is 9.92. The van der Waals surface area contributed by atoms with Crippen molar-refractivity contribution in [3.63, 3.8) is 0 Å². The Kier molecular flexibility index (Phi) is 5.86. The van der Waals surface area contributed by atoms with Gasteiger partial charge in [-0.2, -0.15) is 0 Å². The summed E-state index contributed by atoms with van der Waals surface area (Å²) in [5.74, 6) is 1.41. The molecule has 2 N–H and O–H groups in total. The van der Waals surface area contributed by atoms with Gasteiger partial charge in [-0.05, 0) is 30.3 Å². The zero-order valence-electron chi connectivity index (χ0n) is 16.4. The van der Waals surface area contributed by atoms with Crippen LogP contribution in [0.5, 0.6) is 5.75 Å². The van der Waals surface area contributed by atoms with E-state index in [1.807, 2.05) is 54.6 Å². The molecule has 0 radical (unpaired) electrons. The number of imidazole rings is 1. The van der Waals surface area contributed by atoms with Gasteiger partial charge in [0.15, 0.2) is 0 Å². The largest absolute Gasteiger partial charge is 0.495 e. The molecule has 3 aromatic carbocycles. The van der Waals surface area contributed by atoms with E-state index in [2.05, 4.69) is 15.2 Å². The van der Waals surface area contributed by atoms with Crippen LogP contribution in [0.4, 0.5) is 10.5 Å². The third kappa shape index (κ3) is 4.23. The molecule has 0 fully saturated rings. The van der Waals surface area contributed by atoms with Gasteiger partial charge < -0.3 is 19.9 Å². The number of carbonyl (C=O) groups is 1. The van der Waals surface area contributed by atoms with Crippen molar-refractivity contribution in [2.75, 3.05) is 19.0 Å². The molecule has 0 aliphatic carbocycles. The lowest BCUT2D eigenvalue weighted by Crippen LogP contribution is -2.31. The SMILES string of the molecule is COc1ccc(Cl)cc1NC(=O)NCCn1c(-c2ccccc2)nc2ccccc21. The Morgan fingerprint density at radius 1 is 1.07 bits per heavy atom. The summed E-state index contributed by atoms with van der Waals surface area (Å²) in [4.78, 5) is 17.2. The number of carbonyl (C=O) groups excluding carboxylic acids is 1. The van der Waals surface area contributed by atoms with Gasteiger partial charge in [0, 0.05) is 23.7 Å². The maximum atomic E-state index is 12.4. The van der Waals surface area contributed by atoms with Crippen LogP contribution in [0, 0.1) is 0 Å². The number of halogens is 1. The van der Waals surface area contributed by atoms with Gasteiger partial charge in [-0.3, -0.25) is 0 Å². The molecule has 0 saturated heterocycles. The zero-order chi connectivity index (χ0) is 20.9. The fourth-order valence-electron chi connectivity index (χ4n) is 3.34. The van der Waals surface area contributed by atoms with Crippen LogP contribution < -0.4 is 15.4 Å². The average Bonchev–Trinajstić information content (AvgIpc) is 3.13. The molecule has 1 aromatic heterocycles. The van der Waals surface area contributed by atoms with Gasteiger partial charge in [-0.25, -0.2) is 9.78 Å². The van der Waals surface area contributed by atoms with Crippen molar-refractivity contribution >= 4 is 34.4 Å². The van der Waals surface area contributed by atoms with Crippen LogP contribution in [0.3, 0.4) is 0 Å². The summed E-state index contributed by atoms with van der Waals surface area (Å²) in [6.45, 7) is 1.000. The Balaban J connectivity index is 1.49. The number of methoxy groups -OCH3 is 1. The van der Waals surface area contributed by atoms with E-state index in [1.54, 1.807) is 25.3 Å². The predicted octanol–water partition coefficient (Wildman–Crippen LogP) is 5.19. The highest BCUT2D eigenvalue weighted by Crippen LogP contribution is 2.27. The summed E-state index contributed by atoms with van der Waals surface area (Å²) in [6, 6.07) is 22.7. The number of rotatable bonds is 6. The van der Waals surface area contributed by atoms with Crippen LogP contribution in [-0.4, -0.2) is 29.2 Å². The van der Waals surface area contributed by atoms with Crippen molar-refractivity contribution in [3.05, 3.63) is 77.8 Å². The van der Waals surface area contributed by atoms with Gasteiger partial charge in [0.05, 0.1) is 23.8 Å². The van der Waals surface area contributed by atoms with Crippen LogP contribution in [0.15, 0.2) is 72.8 Å². The molecule has 0 saturated carbocycles. The second kappa shape index (κ2) is 8.88. The predicted molar refractivity (Wildman–Crippen MR) is 120 cm³/mol. The number of para-hydroxylation sites is 2. The number of ether oxygens (including phenoxy) is 1. The monoisotopic (exact) mass is 420 g/mol. The fraction of sp³-hybridized carbons (Fsp3) is 0.130. The molecule has 0 aliphatic rings. The van der Waals surface area contributed by atoms with Crippen molar-refractivity contribution in [3.8, 4) is 17.1 Å². The fourth-order valence-corrected chi connectivity index (χ4v) is 3.51. The second-order valence-corrected chi connectivity index (χ2v) is 7.10. The molecule has 0 unspecified atom stereocenters. The van der Waals surface area contributed by atoms with Gasteiger partial charge in [-0.15, -0.1) is 0 Å². The van der Waals surface area contributed by atoms with E-state index in [0.717, 1.165) is 22.4 Å². The summed E-state index contributed by atoms with van der Waals surface area (Å²) in [6.07, 6.45) is 0. The van der Waals surface area contributed by atoms with Crippen molar-refractivity contribution in [2.24, 2.45) is 0 Å². The first-order chi connectivity index (χ1) is 14.7. The molecule has 152 valence electrons. The van der Waals surface area contributed by atoms with Crippen LogP contribution in [-0.2, 0) is 6.54 Å². The highest BCUT2D eigenvalue weighted by molar-refractivity contribution is 6.31. The van der Waals surface area contributed by atoms with Crippen LogP contribution in [0.25, 0.3) is 22.4 Å². The van der Waals surface area contributed by atoms with Crippen LogP contribution in [0.2, 0.25) is 5.02 Å². The van der Waals surface area contributed by atoms with Crippen LogP contribution in [0.1, 0.15) is 0 Å². The van der Waals surface area contributed by atoms with E-state index in [-0.39, 0.29) is 6.03 Å². The Morgan fingerprint density at radius 2 is 1.83 bits per heavy atom. The molecule has 30 heavy (non-hydrogen) atoms. The molecule has 0 atom stereocenters. The molecule has 4 aromatic rings. The normalized spacial score (nSPS) is 10.7. The molecule has 6 nitrogen and oxygen atoms in total. The first-order valence-electron chi connectivity index (χ1n) is 9.55. The smallest absolute Gasteiger partial charge is 0.319 e. The maximum absolute atomic E-state index is 12.4. The van der Waals surface area contributed by atoms with E-state index in [0.29, 0.717) is 29.5 Å². The van der Waals surface area contributed by atoms with Gasteiger partial charge in [0.25, 0.3) is 0 Å². The third-order valence-corrected chi connectivity index (χ3v) is 4.95. The standard InChI is InChI=1S/C23H21ClN4O2/c1-30-21-12-11-17(24)15-19(21)27-23(29)25-13-14-28-20-10-6-5-9-18(20)26-22(28)16-7-3-2-4-8-16/h2-12,15H,13-14H2,1H3,(H2,25,27,29). The highest BCUT2D eigenvalue weighted by Gasteiger charge is 2.13. The lowest BCUT2D eigenvalue weighted by atomic mass is 10.2. The van der Waals surface area contributed by atoms with E-state index < -0.39 is 0 Å². The van der Waals surface area contributed by atoms with Gasteiger partial charge in [0.1, 0.15) is 11.6 Å². The van der Waals surface area contributed by atoms with E-state index >= 15 is 0 Å². The number of nitrogens with zero attached hydrogens (tertiary/aromatic N) is 2. The zero-order valence-corrected chi connectivity index (χ0v) is 17.2. The lowest BCUT2D eigenvalue weighted by molar-refractivity contribution is 0.251. The molecular weight excluding hydrogens is 400 g/mol. The Labute approximate surface area is 179 Å². The van der Waals surface area contributed by atoms with E-state index in [1.165, 1.54) is 0 Å². The molecule has 0 spiro atoms. The van der Waals surface area contributed by atoms with E-state index in [9.17, 15) is 4.79 Å². The number of urea groups is 1. The van der Waals surface area contributed by atoms with Crippen molar-refractivity contribution in [1.29, 1.82) is 0 Å². The molecule has 1 heterocycles. The molecule has 0 aliphatic heterocycles. The minimum Gasteiger partial charge on any atom is -0.495 e. The summed E-state index contributed by atoms with van der Waals surface area (Å²) < 4.78 is 7.38. The van der Waals surface area contributed by atoms with Crippen LogP contribution >= 0.6 is 11.6 Å². The number of hydrogen-bond acceptors (Lipinski definition) is 3. The van der Waals surface area contributed by atoms with Gasteiger partial charge in [-0.1, -0.05) is 54.1 Å². The molecule has 4 rings (SSSR count). The number of hydrogen-bond donors (Lipinski definition) is 2. The number of benzene rings is 3. The molecular formula is C23H21ClN4O2. The number of nitrogens with one attached hydrogen (secondary N) is 2. The average molecular weight is 421 g/mol. The molecule has 0 bridgehead atoms. The molecule has 2 amide bonds. The Hall–Kier alpha value is -3.51. The van der Waals surface area contributed by atoms with Crippen molar-refractivity contribution < 1.29 is 9.53 Å². The number of aromatic nitrogens is 2. The quantitative estimate of drug-likeness (QED) is 0.451. The third-order valence-electron chi connectivity index (χ3n) is 4.72. The number of fused-ring (bicyclic) bond motifs is 1. The summed E-state index contributed by atoms with van der Waals surface area (Å²) in [5.41, 5.74) is 3.49. The topological polar surface area (TPSA) is 68.2 Å². The summed E-state index contributed by atoms with van der Waals surface area (Å²) in [5, 5.41) is 6.18.